The molecule has 2 N–H and O–H groups in total. The molecule has 5 heteroatoms. The van der Waals surface area contributed by atoms with Gasteiger partial charge in [0.2, 0.25) is 5.91 Å². The first-order chi connectivity index (χ1) is 9.78. The zero-order chi connectivity index (χ0) is 14.2. The zero-order valence-electron chi connectivity index (χ0n) is 11.3. The smallest absolute Gasteiger partial charge is 0.228 e. The topological polar surface area (TPSA) is 71.5 Å². The summed E-state index contributed by atoms with van der Waals surface area (Å²) in [6.07, 6.45) is 3.49. The summed E-state index contributed by atoms with van der Waals surface area (Å²) in [4.78, 5) is 16.1. The minimum Gasteiger partial charge on any atom is -0.384 e. The van der Waals surface area contributed by atoms with E-state index in [1.54, 1.807) is 18.2 Å². The van der Waals surface area contributed by atoms with Gasteiger partial charge in [0.1, 0.15) is 18.1 Å². The number of carbonyl (C=O) groups excluding carboxylic acids is 1. The summed E-state index contributed by atoms with van der Waals surface area (Å²) in [7, 11) is 0. The largest absolute Gasteiger partial charge is 0.384 e. The molecule has 1 aromatic rings. The molecule has 1 aliphatic rings. The van der Waals surface area contributed by atoms with Crippen LogP contribution in [0.1, 0.15) is 31.4 Å². The van der Waals surface area contributed by atoms with Crippen LogP contribution in [0.15, 0.2) is 18.2 Å². The van der Waals surface area contributed by atoms with E-state index in [1.165, 1.54) is 0 Å². The lowest BCUT2D eigenvalue weighted by Gasteiger charge is -2.21. The molecule has 1 saturated heterocycles. The van der Waals surface area contributed by atoms with Gasteiger partial charge in [-0.3, -0.25) is 4.79 Å². The van der Waals surface area contributed by atoms with Crippen molar-refractivity contribution in [3.63, 3.8) is 0 Å². The maximum atomic E-state index is 11.9. The van der Waals surface area contributed by atoms with Gasteiger partial charge < -0.3 is 15.2 Å². The summed E-state index contributed by atoms with van der Waals surface area (Å²) in [5.41, 5.74) is 0.519. The minimum absolute atomic E-state index is 0.0149. The summed E-state index contributed by atoms with van der Waals surface area (Å²) >= 11 is 0. The van der Waals surface area contributed by atoms with Crippen LogP contribution in [-0.2, 0) is 9.53 Å². The van der Waals surface area contributed by atoms with E-state index in [4.69, 9.17) is 9.84 Å². The molecule has 1 fully saturated rings. The van der Waals surface area contributed by atoms with Gasteiger partial charge in [0.05, 0.1) is 12.5 Å². The lowest BCUT2D eigenvalue weighted by Crippen LogP contribution is -2.25. The molecule has 1 aliphatic heterocycles. The second-order valence-electron chi connectivity index (χ2n) is 4.61. The summed E-state index contributed by atoms with van der Waals surface area (Å²) in [6.45, 7) is 0.527. The van der Waals surface area contributed by atoms with Crippen LogP contribution in [0.5, 0.6) is 0 Å². The van der Waals surface area contributed by atoms with Gasteiger partial charge >= 0.3 is 0 Å². The van der Waals surface area contributed by atoms with E-state index in [0.717, 1.165) is 25.9 Å². The van der Waals surface area contributed by atoms with Gasteiger partial charge in [-0.05, 0) is 37.3 Å². The molecule has 2 rings (SSSR count). The molecule has 0 saturated carbocycles. The number of aromatic nitrogens is 1. The van der Waals surface area contributed by atoms with E-state index in [2.05, 4.69) is 22.1 Å². The van der Waals surface area contributed by atoms with E-state index < -0.39 is 0 Å². The number of carbonyl (C=O) groups is 1. The predicted octanol–water partition coefficient (Wildman–Crippen LogP) is 1.32. The zero-order valence-corrected chi connectivity index (χ0v) is 11.3. The number of ether oxygens (including phenoxy) is 1. The average molecular weight is 274 g/mol. The van der Waals surface area contributed by atoms with Gasteiger partial charge in [-0.15, -0.1) is 0 Å². The van der Waals surface area contributed by atoms with Crippen molar-refractivity contribution >= 4 is 11.7 Å². The third-order valence-corrected chi connectivity index (χ3v) is 3.00. The van der Waals surface area contributed by atoms with E-state index in [-0.39, 0.29) is 18.6 Å². The van der Waals surface area contributed by atoms with E-state index in [1.807, 2.05) is 0 Å². The van der Waals surface area contributed by atoms with Crippen LogP contribution in [-0.4, -0.2) is 35.3 Å². The molecule has 5 nitrogen and oxygen atoms in total. The molecule has 1 amide bonds. The highest BCUT2D eigenvalue weighted by Gasteiger charge is 2.17. The number of hydrogen-bond acceptors (Lipinski definition) is 4. The van der Waals surface area contributed by atoms with Crippen molar-refractivity contribution in [2.75, 3.05) is 18.5 Å². The van der Waals surface area contributed by atoms with Crippen molar-refractivity contribution in [3.8, 4) is 11.8 Å². The lowest BCUT2D eigenvalue weighted by atomic mass is 10.1. The second kappa shape index (κ2) is 7.63. The lowest BCUT2D eigenvalue weighted by molar-refractivity contribution is -0.119. The summed E-state index contributed by atoms with van der Waals surface area (Å²) < 4.78 is 5.53. The van der Waals surface area contributed by atoms with Crippen LogP contribution < -0.4 is 5.32 Å². The van der Waals surface area contributed by atoms with Crippen LogP contribution in [0, 0.1) is 11.8 Å². The fourth-order valence-electron chi connectivity index (χ4n) is 2.07. The average Bonchev–Trinajstić information content (AvgIpc) is 2.46. The Morgan fingerprint density at radius 1 is 1.50 bits per heavy atom. The van der Waals surface area contributed by atoms with Crippen molar-refractivity contribution in [1.82, 2.24) is 4.98 Å². The first-order valence-electron chi connectivity index (χ1n) is 6.76. The Morgan fingerprint density at radius 3 is 3.15 bits per heavy atom. The molecule has 0 aliphatic carbocycles. The number of aliphatic hydroxyl groups is 1. The molecule has 20 heavy (non-hydrogen) atoms. The maximum Gasteiger partial charge on any atom is 0.228 e. The number of hydrogen-bond donors (Lipinski definition) is 2. The number of rotatable bonds is 3. The summed E-state index contributed by atoms with van der Waals surface area (Å²) in [5.74, 6) is 5.59. The molecule has 1 aromatic heterocycles. The first-order valence-corrected chi connectivity index (χ1v) is 6.76. The fourth-order valence-corrected chi connectivity index (χ4v) is 2.07. The summed E-state index contributed by atoms with van der Waals surface area (Å²) in [5, 5.41) is 11.4. The third kappa shape index (κ3) is 4.65. The Kier molecular flexibility index (Phi) is 5.54. The molecule has 0 radical (unpaired) electrons. The molecule has 0 spiro atoms. The molecule has 1 unspecified atom stereocenters. The van der Waals surface area contributed by atoms with Crippen LogP contribution >= 0.6 is 0 Å². The van der Waals surface area contributed by atoms with Crippen LogP contribution in [0.4, 0.5) is 5.82 Å². The Labute approximate surface area is 118 Å². The number of aliphatic hydroxyl groups excluding tert-OH is 1. The monoisotopic (exact) mass is 274 g/mol. The minimum atomic E-state index is -0.211. The van der Waals surface area contributed by atoms with E-state index in [0.29, 0.717) is 17.9 Å². The highest BCUT2D eigenvalue weighted by atomic mass is 16.5. The Morgan fingerprint density at radius 2 is 2.40 bits per heavy atom. The van der Waals surface area contributed by atoms with Gasteiger partial charge in [-0.25, -0.2) is 4.98 Å². The van der Waals surface area contributed by atoms with E-state index in [9.17, 15) is 4.79 Å². The molecule has 0 bridgehead atoms. The fraction of sp³-hybridized carbons (Fsp3) is 0.467. The number of anilines is 1. The number of amides is 1. The van der Waals surface area contributed by atoms with Gasteiger partial charge in [-0.1, -0.05) is 12.0 Å². The van der Waals surface area contributed by atoms with Gasteiger partial charge in [0.25, 0.3) is 0 Å². The summed E-state index contributed by atoms with van der Waals surface area (Å²) in [6, 6.07) is 5.20. The van der Waals surface area contributed by atoms with Crippen molar-refractivity contribution in [3.05, 3.63) is 23.9 Å². The highest BCUT2D eigenvalue weighted by molar-refractivity contribution is 5.90. The third-order valence-electron chi connectivity index (χ3n) is 3.00. The molecule has 0 aromatic carbocycles. The molecule has 2 heterocycles. The maximum absolute atomic E-state index is 11.9. The van der Waals surface area contributed by atoms with Crippen LogP contribution in [0.3, 0.4) is 0 Å². The van der Waals surface area contributed by atoms with Crippen LogP contribution in [0.25, 0.3) is 0 Å². The SMILES string of the molecule is O=C(CC1CCCCO1)Nc1cccc(C#CCO)n1. The molecular formula is C15H18N2O3. The number of nitrogens with one attached hydrogen (secondary N) is 1. The van der Waals surface area contributed by atoms with Crippen molar-refractivity contribution in [1.29, 1.82) is 0 Å². The Bertz CT molecular complexity index is 513. The number of pyridine rings is 1. The molecule has 1 atom stereocenters. The Balaban J connectivity index is 1.90. The van der Waals surface area contributed by atoms with Gasteiger partial charge in [-0.2, -0.15) is 0 Å². The highest BCUT2D eigenvalue weighted by Crippen LogP contribution is 2.16. The number of nitrogens with zero attached hydrogens (tertiary/aromatic N) is 1. The second-order valence-corrected chi connectivity index (χ2v) is 4.61. The first kappa shape index (κ1) is 14.5. The normalized spacial score (nSPS) is 17.9. The van der Waals surface area contributed by atoms with E-state index >= 15 is 0 Å². The van der Waals surface area contributed by atoms with Crippen molar-refractivity contribution < 1.29 is 14.6 Å². The van der Waals surface area contributed by atoms with Crippen LogP contribution in [0.2, 0.25) is 0 Å². The van der Waals surface area contributed by atoms with Crippen molar-refractivity contribution in [2.45, 2.75) is 31.8 Å². The predicted molar refractivity (Wildman–Crippen MR) is 75.0 cm³/mol. The molecule has 106 valence electrons. The van der Waals surface area contributed by atoms with Gasteiger partial charge in [0, 0.05) is 6.61 Å². The standard InChI is InChI=1S/C15H18N2O3/c18-9-4-6-12-5-3-8-14(16-12)17-15(19)11-13-7-1-2-10-20-13/h3,5,8,13,18H,1-2,7,9-11H2,(H,16,17,19). The quantitative estimate of drug-likeness (QED) is 0.816. The van der Waals surface area contributed by atoms with Crippen molar-refractivity contribution in [2.24, 2.45) is 0 Å². The van der Waals surface area contributed by atoms with Gasteiger partial charge in [0.15, 0.2) is 0 Å². The Hall–Kier alpha value is -1.90. The molecular weight excluding hydrogens is 256 g/mol.